The predicted octanol–water partition coefficient (Wildman–Crippen LogP) is 2.92. The van der Waals surface area contributed by atoms with E-state index in [0.717, 1.165) is 30.7 Å². The molecule has 6 heteroatoms. The van der Waals surface area contributed by atoms with Crippen LogP contribution in [-0.2, 0) is 6.42 Å². The lowest BCUT2D eigenvalue weighted by molar-refractivity contribution is 0.0949. The molecule has 6 nitrogen and oxygen atoms in total. The number of methoxy groups -OCH3 is 1. The van der Waals surface area contributed by atoms with Crippen molar-refractivity contribution in [2.24, 2.45) is 5.92 Å². The Morgan fingerprint density at radius 3 is 2.60 bits per heavy atom. The fourth-order valence-electron chi connectivity index (χ4n) is 2.25. The van der Waals surface area contributed by atoms with Crippen LogP contribution >= 0.6 is 0 Å². The number of anilines is 1. The van der Waals surface area contributed by atoms with Crippen LogP contribution in [0.15, 0.2) is 36.5 Å². The molecule has 2 rings (SSSR count). The van der Waals surface area contributed by atoms with Gasteiger partial charge >= 0.3 is 0 Å². The molecule has 134 valence electrons. The van der Waals surface area contributed by atoms with Crippen LogP contribution in [0.4, 0.5) is 5.95 Å². The largest absolute Gasteiger partial charge is 0.497 e. The number of carbonyl (C=O) groups excluding carboxylic acids is 1. The zero-order valence-electron chi connectivity index (χ0n) is 15.1. The highest BCUT2D eigenvalue weighted by Crippen LogP contribution is 2.11. The van der Waals surface area contributed by atoms with E-state index in [1.54, 1.807) is 19.4 Å². The first-order valence-corrected chi connectivity index (χ1v) is 8.56. The van der Waals surface area contributed by atoms with Crippen molar-refractivity contribution < 1.29 is 9.53 Å². The van der Waals surface area contributed by atoms with Crippen LogP contribution < -0.4 is 15.4 Å². The Hall–Kier alpha value is -2.63. The van der Waals surface area contributed by atoms with Crippen LogP contribution in [0.2, 0.25) is 0 Å². The molecule has 1 amide bonds. The number of carbonyl (C=O) groups is 1. The van der Waals surface area contributed by atoms with Crippen molar-refractivity contribution in [3.63, 3.8) is 0 Å². The second-order valence-electron chi connectivity index (χ2n) is 6.23. The van der Waals surface area contributed by atoms with Crippen LogP contribution in [0.5, 0.6) is 5.75 Å². The van der Waals surface area contributed by atoms with Gasteiger partial charge in [-0.15, -0.1) is 0 Å². The summed E-state index contributed by atoms with van der Waals surface area (Å²) >= 11 is 0. The molecule has 2 aromatic rings. The van der Waals surface area contributed by atoms with E-state index < -0.39 is 0 Å². The van der Waals surface area contributed by atoms with E-state index in [0.29, 0.717) is 24.1 Å². The van der Waals surface area contributed by atoms with Crippen LogP contribution in [0, 0.1) is 5.92 Å². The number of rotatable bonds is 9. The number of amides is 1. The van der Waals surface area contributed by atoms with E-state index in [4.69, 9.17) is 4.74 Å². The van der Waals surface area contributed by atoms with Gasteiger partial charge in [0.1, 0.15) is 11.4 Å². The van der Waals surface area contributed by atoms with Gasteiger partial charge in [0, 0.05) is 19.3 Å². The molecule has 2 N–H and O–H groups in total. The molecular weight excluding hydrogens is 316 g/mol. The van der Waals surface area contributed by atoms with Gasteiger partial charge in [-0.2, -0.15) is 0 Å². The summed E-state index contributed by atoms with van der Waals surface area (Å²) < 4.78 is 5.13. The fourth-order valence-corrected chi connectivity index (χ4v) is 2.25. The molecule has 1 heterocycles. The minimum atomic E-state index is -0.192. The average molecular weight is 342 g/mol. The van der Waals surface area contributed by atoms with E-state index in [1.807, 2.05) is 24.3 Å². The molecule has 0 fully saturated rings. The van der Waals surface area contributed by atoms with Crippen LogP contribution in [0.3, 0.4) is 0 Å². The van der Waals surface area contributed by atoms with Gasteiger partial charge in [-0.3, -0.25) is 4.79 Å². The van der Waals surface area contributed by atoms with Crippen LogP contribution in [0.1, 0.15) is 36.3 Å². The molecule has 0 atom stereocenters. The van der Waals surface area contributed by atoms with Crippen molar-refractivity contribution in [2.75, 3.05) is 25.5 Å². The molecule has 1 aromatic heterocycles. The fraction of sp³-hybridized carbons (Fsp3) is 0.421. The Morgan fingerprint density at radius 2 is 1.92 bits per heavy atom. The van der Waals surface area contributed by atoms with Gasteiger partial charge < -0.3 is 15.4 Å². The molecule has 0 aliphatic carbocycles. The second-order valence-corrected chi connectivity index (χ2v) is 6.23. The van der Waals surface area contributed by atoms with Gasteiger partial charge in [-0.25, -0.2) is 9.97 Å². The molecule has 0 aliphatic heterocycles. The summed E-state index contributed by atoms with van der Waals surface area (Å²) in [6, 6.07) is 9.43. The van der Waals surface area contributed by atoms with Crippen molar-refractivity contribution in [2.45, 2.75) is 26.7 Å². The van der Waals surface area contributed by atoms with Gasteiger partial charge in [0.2, 0.25) is 5.95 Å². The highest BCUT2D eigenvalue weighted by Gasteiger charge is 2.08. The maximum Gasteiger partial charge on any atom is 0.270 e. The molecule has 0 saturated heterocycles. The first-order chi connectivity index (χ1) is 12.1. The maximum absolute atomic E-state index is 12.2. The number of nitrogens with zero attached hydrogens (tertiary/aromatic N) is 2. The van der Waals surface area contributed by atoms with Crippen LogP contribution in [0.25, 0.3) is 0 Å². The zero-order valence-corrected chi connectivity index (χ0v) is 15.1. The Bertz CT molecular complexity index is 671. The normalized spacial score (nSPS) is 10.6. The van der Waals surface area contributed by atoms with E-state index in [1.165, 1.54) is 0 Å². The van der Waals surface area contributed by atoms with E-state index in [-0.39, 0.29) is 5.91 Å². The molecule has 1 aromatic carbocycles. The Morgan fingerprint density at radius 1 is 1.16 bits per heavy atom. The summed E-state index contributed by atoms with van der Waals surface area (Å²) in [4.78, 5) is 20.6. The number of nitrogens with one attached hydrogen (secondary N) is 2. The Labute approximate surface area is 149 Å². The summed E-state index contributed by atoms with van der Waals surface area (Å²) in [5.74, 6) is 1.73. The third-order valence-electron chi connectivity index (χ3n) is 3.75. The van der Waals surface area contributed by atoms with Crippen molar-refractivity contribution in [1.82, 2.24) is 15.3 Å². The molecule has 0 aliphatic rings. The SMILES string of the molecule is COc1ccc(CCNC(=O)c2ccnc(NCCC(C)C)n2)cc1. The highest BCUT2D eigenvalue weighted by molar-refractivity contribution is 5.92. The molecule has 0 spiro atoms. The van der Waals surface area contributed by atoms with E-state index in [9.17, 15) is 4.79 Å². The third-order valence-corrected chi connectivity index (χ3v) is 3.75. The summed E-state index contributed by atoms with van der Waals surface area (Å²) in [7, 11) is 1.64. The summed E-state index contributed by atoms with van der Waals surface area (Å²) in [6.45, 7) is 5.66. The molecule has 25 heavy (non-hydrogen) atoms. The first-order valence-electron chi connectivity index (χ1n) is 8.56. The minimum absolute atomic E-state index is 0.192. The lowest BCUT2D eigenvalue weighted by atomic mass is 10.1. The topological polar surface area (TPSA) is 76.1 Å². The van der Waals surface area contributed by atoms with Gasteiger partial charge in [0.25, 0.3) is 5.91 Å². The summed E-state index contributed by atoms with van der Waals surface area (Å²) in [6.07, 6.45) is 3.38. The number of aromatic nitrogens is 2. The lowest BCUT2D eigenvalue weighted by Crippen LogP contribution is -2.27. The van der Waals surface area contributed by atoms with Gasteiger partial charge in [-0.1, -0.05) is 26.0 Å². The lowest BCUT2D eigenvalue weighted by Gasteiger charge is -2.09. The maximum atomic E-state index is 12.2. The van der Waals surface area contributed by atoms with Crippen molar-refractivity contribution >= 4 is 11.9 Å². The molecule has 0 unspecified atom stereocenters. The van der Waals surface area contributed by atoms with Crippen LogP contribution in [-0.4, -0.2) is 36.1 Å². The van der Waals surface area contributed by atoms with Gasteiger partial charge in [0.15, 0.2) is 0 Å². The molecular formula is C19H26N4O2. The van der Waals surface area contributed by atoms with Crippen molar-refractivity contribution in [3.05, 3.63) is 47.8 Å². The number of hydrogen-bond donors (Lipinski definition) is 2. The predicted molar refractivity (Wildman–Crippen MR) is 99.0 cm³/mol. The standard InChI is InChI=1S/C19H26N4O2/c1-14(2)8-11-21-19-22-13-10-17(23-19)18(24)20-12-9-15-4-6-16(25-3)7-5-15/h4-7,10,13-14H,8-9,11-12H2,1-3H3,(H,20,24)(H,21,22,23). The monoisotopic (exact) mass is 342 g/mol. The van der Waals surface area contributed by atoms with Crippen molar-refractivity contribution in [1.29, 1.82) is 0 Å². The number of ether oxygens (including phenoxy) is 1. The molecule has 0 saturated carbocycles. The smallest absolute Gasteiger partial charge is 0.270 e. The van der Waals surface area contributed by atoms with E-state index in [2.05, 4.69) is 34.4 Å². The number of benzene rings is 1. The third kappa shape index (κ3) is 6.41. The quantitative estimate of drug-likeness (QED) is 0.733. The average Bonchev–Trinajstić information content (AvgIpc) is 2.62. The van der Waals surface area contributed by atoms with E-state index >= 15 is 0 Å². The van der Waals surface area contributed by atoms with Crippen molar-refractivity contribution in [3.8, 4) is 5.75 Å². The molecule has 0 radical (unpaired) electrons. The van der Waals surface area contributed by atoms with Gasteiger partial charge in [0.05, 0.1) is 7.11 Å². The highest BCUT2D eigenvalue weighted by atomic mass is 16.5. The zero-order chi connectivity index (χ0) is 18.1. The first kappa shape index (κ1) is 18.7. The second kappa shape index (κ2) is 9.61. The summed E-state index contributed by atoms with van der Waals surface area (Å²) in [5.41, 5.74) is 1.51. The summed E-state index contributed by atoms with van der Waals surface area (Å²) in [5, 5.41) is 6.04. The number of hydrogen-bond acceptors (Lipinski definition) is 5. The Balaban J connectivity index is 1.81. The Kier molecular flexibility index (Phi) is 7.19. The van der Waals surface area contributed by atoms with Gasteiger partial charge in [-0.05, 0) is 42.5 Å². The minimum Gasteiger partial charge on any atom is -0.497 e. The molecule has 0 bridgehead atoms.